The highest BCUT2D eigenvalue weighted by molar-refractivity contribution is 7.10. The highest BCUT2D eigenvalue weighted by Crippen LogP contribution is 2.22. The zero-order valence-electron chi connectivity index (χ0n) is 10.3. The second-order valence-electron chi connectivity index (χ2n) is 3.92. The lowest BCUT2D eigenvalue weighted by atomic mass is 10.2. The molecular weight excluding hydrogens is 266 g/mol. The smallest absolute Gasteiger partial charge is 0.371 e. The van der Waals surface area contributed by atoms with Gasteiger partial charge in [-0.15, -0.1) is 11.3 Å². The van der Waals surface area contributed by atoms with Crippen molar-refractivity contribution < 1.29 is 19.1 Å². The predicted octanol–water partition coefficient (Wildman–Crippen LogP) is 2.92. The quantitative estimate of drug-likeness (QED) is 0.882. The third-order valence-corrected chi connectivity index (χ3v) is 3.63. The van der Waals surface area contributed by atoms with Gasteiger partial charge in [0.15, 0.2) is 5.76 Å². The van der Waals surface area contributed by atoms with Crippen LogP contribution in [0, 0.1) is 0 Å². The number of furan rings is 1. The molecule has 2 heterocycles. The molecule has 1 amide bonds. The molecule has 0 saturated heterocycles. The fourth-order valence-corrected chi connectivity index (χ4v) is 2.53. The Morgan fingerprint density at radius 3 is 2.63 bits per heavy atom. The second-order valence-corrected chi connectivity index (χ2v) is 4.90. The van der Waals surface area contributed by atoms with Gasteiger partial charge < -0.3 is 14.8 Å². The molecular formula is C13H13NO4S. The van der Waals surface area contributed by atoms with Crippen molar-refractivity contribution in [1.29, 1.82) is 0 Å². The summed E-state index contributed by atoms with van der Waals surface area (Å²) >= 11 is 1.56. The maximum absolute atomic E-state index is 12.0. The molecule has 0 radical (unpaired) electrons. The lowest BCUT2D eigenvalue weighted by Crippen LogP contribution is -2.27. The van der Waals surface area contributed by atoms with E-state index in [-0.39, 0.29) is 17.6 Å². The number of carbonyl (C=O) groups excluding carboxylic acids is 1. The first-order valence-corrected chi connectivity index (χ1v) is 6.67. The topological polar surface area (TPSA) is 79.5 Å². The SMILES string of the molecule is CCC(NC(=O)c1ccc(C(=O)O)o1)c1cccs1. The summed E-state index contributed by atoms with van der Waals surface area (Å²) in [6.07, 6.45) is 0.749. The molecule has 5 nitrogen and oxygen atoms in total. The highest BCUT2D eigenvalue weighted by atomic mass is 32.1. The van der Waals surface area contributed by atoms with Gasteiger partial charge in [-0.2, -0.15) is 0 Å². The van der Waals surface area contributed by atoms with E-state index in [0.717, 1.165) is 11.3 Å². The fourth-order valence-electron chi connectivity index (χ4n) is 1.67. The van der Waals surface area contributed by atoms with Crippen LogP contribution in [0.25, 0.3) is 0 Å². The molecule has 0 bridgehead atoms. The van der Waals surface area contributed by atoms with Crippen LogP contribution in [0.1, 0.15) is 45.4 Å². The molecule has 0 aromatic carbocycles. The van der Waals surface area contributed by atoms with E-state index >= 15 is 0 Å². The number of aromatic carboxylic acids is 1. The summed E-state index contributed by atoms with van der Waals surface area (Å²) in [5.74, 6) is -1.83. The number of nitrogens with one attached hydrogen (secondary N) is 1. The number of amides is 1. The highest BCUT2D eigenvalue weighted by Gasteiger charge is 2.19. The first-order chi connectivity index (χ1) is 9.11. The van der Waals surface area contributed by atoms with Gasteiger partial charge >= 0.3 is 5.97 Å². The Morgan fingerprint density at radius 2 is 2.11 bits per heavy atom. The van der Waals surface area contributed by atoms with Gasteiger partial charge in [0.05, 0.1) is 6.04 Å². The standard InChI is InChI=1S/C13H13NO4S/c1-2-8(11-4-3-7-19-11)14-12(15)9-5-6-10(18-9)13(16)17/h3-8H,2H2,1H3,(H,14,15)(H,16,17). The van der Waals surface area contributed by atoms with Crippen molar-refractivity contribution in [3.8, 4) is 0 Å². The van der Waals surface area contributed by atoms with Gasteiger partial charge in [-0.25, -0.2) is 4.79 Å². The van der Waals surface area contributed by atoms with E-state index in [4.69, 9.17) is 9.52 Å². The molecule has 1 unspecified atom stereocenters. The van der Waals surface area contributed by atoms with Crippen molar-refractivity contribution in [3.63, 3.8) is 0 Å². The van der Waals surface area contributed by atoms with Gasteiger partial charge in [-0.3, -0.25) is 4.79 Å². The summed E-state index contributed by atoms with van der Waals surface area (Å²) in [6, 6.07) is 6.41. The van der Waals surface area contributed by atoms with Gasteiger partial charge in [0.1, 0.15) is 0 Å². The minimum atomic E-state index is -1.19. The number of thiophene rings is 1. The number of hydrogen-bond donors (Lipinski definition) is 2. The number of carbonyl (C=O) groups is 2. The number of carboxylic acids is 1. The summed E-state index contributed by atoms with van der Waals surface area (Å²) in [4.78, 5) is 23.7. The molecule has 0 aliphatic rings. The first kappa shape index (κ1) is 13.4. The lowest BCUT2D eigenvalue weighted by molar-refractivity contribution is 0.0659. The van der Waals surface area contributed by atoms with Gasteiger partial charge in [0, 0.05) is 4.88 Å². The molecule has 1 atom stereocenters. The fraction of sp³-hybridized carbons (Fsp3) is 0.231. The van der Waals surface area contributed by atoms with Gasteiger partial charge in [-0.1, -0.05) is 13.0 Å². The summed E-state index contributed by atoms with van der Waals surface area (Å²) in [5.41, 5.74) is 0. The van der Waals surface area contributed by atoms with Gasteiger partial charge in [0.2, 0.25) is 5.76 Å². The summed E-state index contributed by atoms with van der Waals surface area (Å²) in [6.45, 7) is 1.97. The van der Waals surface area contributed by atoms with E-state index in [1.807, 2.05) is 24.4 Å². The van der Waals surface area contributed by atoms with E-state index in [2.05, 4.69) is 5.32 Å². The van der Waals surface area contributed by atoms with Crippen LogP contribution in [0.3, 0.4) is 0 Å². The van der Waals surface area contributed by atoms with E-state index in [0.29, 0.717) is 0 Å². The zero-order valence-corrected chi connectivity index (χ0v) is 11.1. The summed E-state index contributed by atoms with van der Waals surface area (Å²) < 4.78 is 4.96. The molecule has 2 rings (SSSR count). The normalized spacial score (nSPS) is 12.1. The van der Waals surface area contributed by atoms with Crippen molar-refractivity contribution in [3.05, 3.63) is 46.0 Å². The molecule has 6 heteroatoms. The zero-order chi connectivity index (χ0) is 13.8. The van der Waals surface area contributed by atoms with E-state index in [1.54, 1.807) is 11.3 Å². The Hall–Kier alpha value is -2.08. The van der Waals surface area contributed by atoms with Crippen LogP contribution in [0.15, 0.2) is 34.1 Å². The molecule has 2 N–H and O–H groups in total. The average molecular weight is 279 g/mol. The summed E-state index contributed by atoms with van der Waals surface area (Å²) in [5, 5.41) is 13.5. The molecule has 0 aliphatic carbocycles. The monoisotopic (exact) mass is 279 g/mol. The Balaban J connectivity index is 2.09. The Morgan fingerprint density at radius 1 is 1.37 bits per heavy atom. The maximum Gasteiger partial charge on any atom is 0.371 e. The minimum Gasteiger partial charge on any atom is -0.475 e. The number of hydrogen-bond acceptors (Lipinski definition) is 4. The first-order valence-electron chi connectivity index (χ1n) is 5.79. The predicted molar refractivity (Wildman–Crippen MR) is 70.5 cm³/mol. The van der Waals surface area contributed by atoms with Crippen LogP contribution < -0.4 is 5.32 Å². The Kier molecular flexibility index (Phi) is 4.01. The van der Waals surface area contributed by atoms with Crippen LogP contribution in [0.4, 0.5) is 0 Å². The maximum atomic E-state index is 12.0. The van der Waals surface area contributed by atoms with Crippen LogP contribution in [0.5, 0.6) is 0 Å². The lowest BCUT2D eigenvalue weighted by Gasteiger charge is -2.14. The van der Waals surface area contributed by atoms with Gasteiger partial charge in [-0.05, 0) is 30.0 Å². The van der Waals surface area contributed by atoms with E-state index in [9.17, 15) is 9.59 Å². The molecule has 19 heavy (non-hydrogen) atoms. The average Bonchev–Trinajstić information content (AvgIpc) is 3.05. The number of carboxylic acid groups (broad SMARTS) is 1. The molecule has 0 saturated carbocycles. The van der Waals surface area contributed by atoms with Crippen LogP contribution in [-0.4, -0.2) is 17.0 Å². The molecule has 100 valence electrons. The number of rotatable bonds is 5. The second kappa shape index (κ2) is 5.71. The molecule has 0 fully saturated rings. The largest absolute Gasteiger partial charge is 0.475 e. The van der Waals surface area contributed by atoms with Crippen LogP contribution in [0.2, 0.25) is 0 Å². The van der Waals surface area contributed by atoms with Gasteiger partial charge in [0.25, 0.3) is 5.91 Å². The van der Waals surface area contributed by atoms with Crippen LogP contribution in [-0.2, 0) is 0 Å². The van der Waals surface area contributed by atoms with E-state index in [1.165, 1.54) is 12.1 Å². The molecule has 0 spiro atoms. The molecule has 2 aromatic heterocycles. The summed E-state index contributed by atoms with van der Waals surface area (Å²) in [7, 11) is 0. The van der Waals surface area contributed by atoms with Crippen molar-refractivity contribution in [2.24, 2.45) is 0 Å². The van der Waals surface area contributed by atoms with E-state index < -0.39 is 11.9 Å². The van der Waals surface area contributed by atoms with Crippen molar-refractivity contribution >= 4 is 23.2 Å². The van der Waals surface area contributed by atoms with Crippen molar-refractivity contribution in [2.45, 2.75) is 19.4 Å². The minimum absolute atomic E-state index is 0.00686. The molecule has 0 aliphatic heterocycles. The molecule has 2 aromatic rings. The third-order valence-electron chi connectivity index (χ3n) is 2.64. The van der Waals surface area contributed by atoms with Crippen LogP contribution >= 0.6 is 11.3 Å². The van der Waals surface area contributed by atoms with Crippen molar-refractivity contribution in [1.82, 2.24) is 5.32 Å². The third kappa shape index (κ3) is 3.03. The Labute approximate surface area is 113 Å². The van der Waals surface area contributed by atoms with Crippen molar-refractivity contribution in [2.75, 3.05) is 0 Å². The Bertz CT molecular complexity index is 573.